The van der Waals surface area contributed by atoms with Crippen LogP contribution in [0.25, 0.3) is 10.9 Å². The standard InChI is InChI=1S/C17H20N2O/c1-12-7-8-17(20-12)13(2)18-10-9-14-11-19-16-6-4-3-5-15(14)16/h3-8,11,13,18-19H,9-10H2,1-2H3. The minimum Gasteiger partial charge on any atom is -0.465 e. The zero-order valence-corrected chi connectivity index (χ0v) is 11.9. The first-order valence-electron chi connectivity index (χ1n) is 7.09. The highest BCUT2D eigenvalue weighted by Crippen LogP contribution is 2.19. The molecule has 2 aromatic heterocycles. The molecule has 0 saturated carbocycles. The molecular formula is C17H20N2O. The Labute approximate surface area is 119 Å². The molecule has 0 aliphatic carbocycles. The van der Waals surface area contributed by atoms with Gasteiger partial charge in [0.1, 0.15) is 11.5 Å². The van der Waals surface area contributed by atoms with Crippen molar-refractivity contribution < 1.29 is 4.42 Å². The molecule has 3 heteroatoms. The maximum Gasteiger partial charge on any atom is 0.120 e. The predicted molar refractivity (Wildman–Crippen MR) is 81.9 cm³/mol. The number of aromatic nitrogens is 1. The SMILES string of the molecule is Cc1ccc(C(C)NCCc2c[nH]c3ccccc23)o1. The molecule has 1 unspecified atom stereocenters. The topological polar surface area (TPSA) is 41.0 Å². The molecule has 0 bridgehead atoms. The van der Waals surface area contributed by atoms with Gasteiger partial charge in [0.05, 0.1) is 6.04 Å². The zero-order chi connectivity index (χ0) is 13.9. The van der Waals surface area contributed by atoms with Gasteiger partial charge in [0.2, 0.25) is 0 Å². The molecule has 0 aliphatic rings. The van der Waals surface area contributed by atoms with Crippen molar-refractivity contribution in [3.05, 3.63) is 59.7 Å². The van der Waals surface area contributed by atoms with Crippen molar-refractivity contribution in [2.45, 2.75) is 26.3 Å². The van der Waals surface area contributed by atoms with Crippen molar-refractivity contribution in [3.8, 4) is 0 Å². The van der Waals surface area contributed by atoms with Crippen LogP contribution in [0.15, 0.2) is 47.0 Å². The van der Waals surface area contributed by atoms with Gasteiger partial charge in [-0.25, -0.2) is 0 Å². The molecule has 1 aromatic carbocycles. The molecule has 20 heavy (non-hydrogen) atoms. The molecule has 0 amide bonds. The van der Waals surface area contributed by atoms with E-state index in [-0.39, 0.29) is 6.04 Å². The second kappa shape index (κ2) is 5.55. The Bertz CT molecular complexity index is 696. The summed E-state index contributed by atoms with van der Waals surface area (Å²) in [5, 5.41) is 4.82. The third-order valence-electron chi connectivity index (χ3n) is 3.71. The lowest BCUT2D eigenvalue weighted by atomic mass is 10.1. The second-order valence-corrected chi connectivity index (χ2v) is 5.23. The number of H-pyrrole nitrogens is 1. The Morgan fingerprint density at radius 1 is 1.20 bits per heavy atom. The summed E-state index contributed by atoms with van der Waals surface area (Å²) in [5.74, 6) is 1.96. The van der Waals surface area contributed by atoms with Gasteiger partial charge in [0.15, 0.2) is 0 Å². The third-order valence-corrected chi connectivity index (χ3v) is 3.71. The molecular weight excluding hydrogens is 248 g/mol. The van der Waals surface area contributed by atoms with Crippen LogP contribution in [0, 0.1) is 6.92 Å². The summed E-state index contributed by atoms with van der Waals surface area (Å²) in [4.78, 5) is 3.32. The van der Waals surface area contributed by atoms with Crippen molar-refractivity contribution in [2.24, 2.45) is 0 Å². The fraction of sp³-hybridized carbons (Fsp3) is 0.294. The first-order chi connectivity index (χ1) is 9.74. The van der Waals surface area contributed by atoms with Crippen LogP contribution in [0.3, 0.4) is 0 Å². The van der Waals surface area contributed by atoms with Crippen LogP contribution in [-0.4, -0.2) is 11.5 Å². The summed E-state index contributed by atoms with van der Waals surface area (Å²) in [6.07, 6.45) is 3.11. The van der Waals surface area contributed by atoms with Crippen molar-refractivity contribution in [1.82, 2.24) is 10.3 Å². The van der Waals surface area contributed by atoms with Crippen LogP contribution in [0.2, 0.25) is 0 Å². The zero-order valence-electron chi connectivity index (χ0n) is 11.9. The number of aryl methyl sites for hydroxylation is 1. The van der Waals surface area contributed by atoms with Crippen LogP contribution in [-0.2, 0) is 6.42 Å². The minimum atomic E-state index is 0.244. The molecule has 2 N–H and O–H groups in total. The molecule has 0 radical (unpaired) electrons. The number of benzene rings is 1. The second-order valence-electron chi connectivity index (χ2n) is 5.23. The van der Waals surface area contributed by atoms with Crippen LogP contribution in [0.5, 0.6) is 0 Å². The minimum absolute atomic E-state index is 0.244. The molecule has 3 aromatic rings. The number of hydrogen-bond acceptors (Lipinski definition) is 2. The van der Waals surface area contributed by atoms with Gasteiger partial charge in [-0.1, -0.05) is 18.2 Å². The Morgan fingerprint density at radius 3 is 2.85 bits per heavy atom. The van der Waals surface area contributed by atoms with E-state index >= 15 is 0 Å². The van der Waals surface area contributed by atoms with E-state index in [9.17, 15) is 0 Å². The molecule has 0 spiro atoms. The largest absolute Gasteiger partial charge is 0.465 e. The molecule has 0 fully saturated rings. The van der Waals surface area contributed by atoms with Crippen LogP contribution < -0.4 is 5.32 Å². The van der Waals surface area contributed by atoms with Gasteiger partial charge in [-0.3, -0.25) is 0 Å². The molecule has 2 heterocycles. The highest BCUT2D eigenvalue weighted by Gasteiger charge is 2.09. The number of fused-ring (bicyclic) bond motifs is 1. The summed E-state index contributed by atoms with van der Waals surface area (Å²) in [6.45, 7) is 5.04. The number of furan rings is 1. The Hall–Kier alpha value is -2.00. The van der Waals surface area contributed by atoms with Crippen molar-refractivity contribution in [3.63, 3.8) is 0 Å². The van der Waals surface area contributed by atoms with E-state index in [4.69, 9.17) is 4.42 Å². The molecule has 3 nitrogen and oxygen atoms in total. The van der Waals surface area contributed by atoms with Crippen molar-refractivity contribution in [2.75, 3.05) is 6.54 Å². The Balaban J connectivity index is 1.60. The number of rotatable bonds is 5. The van der Waals surface area contributed by atoms with Crippen LogP contribution in [0.4, 0.5) is 0 Å². The van der Waals surface area contributed by atoms with E-state index in [2.05, 4.69) is 47.7 Å². The van der Waals surface area contributed by atoms with Gasteiger partial charge in [-0.15, -0.1) is 0 Å². The molecule has 0 aliphatic heterocycles. The first kappa shape index (κ1) is 13.0. The van der Waals surface area contributed by atoms with E-state index in [0.29, 0.717) is 0 Å². The maximum absolute atomic E-state index is 5.63. The Kier molecular flexibility index (Phi) is 3.61. The van der Waals surface area contributed by atoms with Gasteiger partial charge < -0.3 is 14.7 Å². The summed E-state index contributed by atoms with van der Waals surface area (Å²) < 4.78 is 5.63. The monoisotopic (exact) mass is 268 g/mol. The molecule has 1 atom stereocenters. The van der Waals surface area contributed by atoms with Gasteiger partial charge in [0, 0.05) is 17.1 Å². The lowest BCUT2D eigenvalue weighted by Crippen LogP contribution is -2.20. The number of aromatic amines is 1. The smallest absolute Gasteiger partial charge is 0.120 e. The highest BCUT2D eigenvalue weighted by atomic mass is 16.3. The van der Waals surface area contributed by atoms with E-state index in [1.165, 1.54) is 16.5 Å². The lowest BCUT2D eigenvalue weighted by Gasteiger charge is -2.10. The van der Waals surface area contributed by atoms with E-state index in [1.807, 2.05) is 19.1 Å². The summed E-state index contributed by atoms with van der Waals surface area (Å²) >= 11 is 0. The van der Waals surface area contributed by atoms with Gasteiger partial charge in [-0.05, 0) is 50.6 Å². The lowest BCUT2D eigenvalue weighted by molar-refractivity contribution is 0.418. The van der Waals surface area contributed by atoms with Gasteiger partial charge in [0.25, 0.3) is 0 Å². The van der Waals surface area contributed by atoms with Crippen LogP contribution >= 0.6 is 0 Å². The van der Waals surface area contributed by atoms with Crippen LogP contribution in [0.1, 0.15) is 30.0 Å². The highest BCUT2D eigenvalue weighted by molar-refractivity contribution is 5.83. The van der Waals surface area contributed by atoms with Crippen molar-refractivity contribution in [1.29, 1.82) is 0 Å². The number of para-hydroxylation sites is 1. The van der Waals surface area contributed by atoms with Gasteiger partial charge >= 0.3 is 0 Å². The van der Waals surface area contributed by atoms with Crippen molar-refractivity contribution >= 4 is 10.9 Å². The molecule has 3 rings (SSSR count). The van der Waals surface area contributed by atoms with E-state index in [0.717, 1.165) is 24.5 Å². The quantitative estimate of drug-likeness (QED) is 0.735. The van der Waals surface area contributed by atoms with E-state index < -0.39 is 0 Å². The first-order valence-corrected chi connectivity index (χ1v) is 7.09. The summed E-state index contributed by atoms with van der Waals surface area (Å²) in [5.41, 5.74) is 2.56. The fourth-order valence-corrected chi connectivity index (χ4v) is 2.55. The maximum atomic E-state index is 5.63. The number of hydrogen-bond donors (Lipinski definition) is 2. The molecule has 104 valence electrons. The average Bonchev–Trinajstić information content (AvgIpc) is 3.06. The van der Waals surface area contributed by atoms with Gasteiger partial charge in [-0.2, -0.15) is 0 Å². The predicted octanol–water partition coefficient (Wildman–Crippen LogP) is 3.96. The summed E-state index contributed by atoms with van der Waals surface area (Å²) in [6, 6.07) is 12.7. The normalized spacial score (nSPS) is 12.9. The Morgan fingerprint density at radius 2 is 2.05 bits per heavy atom. The molecule has 0 saturated heterocycles. The average molecular weight is 268 g/mol. The third kappa shape index (κ3) is 2.63. The summed E-state index contributed by atoms with van der Waals surface area (Å²) in [7, 11) is 0. The van der Waals surface area contributed by atoms with E-state index in [1.54, 1.807) is 0 Å². The fourth-order valence-electron chi connectivity index (χ4n) is 2.55. The number of nitrogens with one attached hydrogen (secondary N) is 2.